The quantitative estimate of drug-likeness (QED) is 0.254. The molecule has 1 aliphatic rings. The Kier molecular flexibility index (Phi) is 7.06. The van der Waals surface area contributed by atoms with Gasteiger partial charge in [-0.05, 0) is 53.3 Å². The molecular formula is C31H31N5O4. The Morgan fingerprint density at radius 2 is 1.85 bits per heavy atom. The Hall–Kier alpha value is -4.47. The van der Waals surface area contributed by atoms with E-state index >= 15 is 0 Å². The maximum absolute atomic E-state index is 11.4. The summed E-state index contributed by atoms with van der Waals surface area (Å²) in [5.41, 5.74) is 10.6. The minimum absolute atomic E-state index is 0.112. The van der Waals surface area contributed by atoms with Gasteiger partial charge >= 0.3 is 5.97 Å². The number of nitrogen functional groups attached to an aromatic ring is 1. The molecule has 0 aliphatic carbocycles. The van der Waals surface area contributed by atoms with Crippen LogP contribution in [0.15, 0.2) is 72.9 Å². The molecule has 4 N–H and O–H groups in total. The molecule has 1 saturated heterocycles. The number of ether oxygens (including phenoxy) is 1. The van der Waals surface area contributed by atoms with Crippen LogP contribution in [-0.2, 0) is 17.8 Å². The smallest absolute Gasteiger partial charge is 0.307 e. The molecule has 1 atom stereocenters. The molecule has 6 rings (SSSR count). The maximum Gasteiger partial charge on any atom is 0.307 e. The maximum atomic E-state index is 11.4. The van der Waals surface area contributed by atoms with Crippen molar-refractivity contribution in [3.63, 3.8) is 0 Å². The summed E-state index contributed by atoms with van der Waals surface area (Å²) < 4.78 is 8.34. The third kappa shape index (κ3) is 5.09. The number of hydrogen-bond donors (Lipinski definition) is 3. The Labute approximate surface area is 231 Å². The highest BCUT2D eigenvalue weighted by Gasteiger charge is 2.27. The molecule has 0 saturated carbocycles. The van der Waals surface area contributed by atoms with E-state index in [-0.39, 0.29) is 25.7 Å². The fraction of sp³-hybridized carbons (Fsp3) is 0.258. The number of fused-ring (bicyclic) bond motifs is 2. The van der Waals surface area contributed by atoms with E-state index in [0.29, 0.717) is 23.7 Å². The van der Waals surface area contributed by atoms with Crippen LogP contribution >= 0.6 is 0 Å². The Morgan fingerprint density at radius 3 is 2.67 bits per heavy atom. The summed E-state index contributed by atoms with van der Waals surface area (Å²) in [5.74, 6) is 0.140. The van der Waals surface area contributed by atoms with E-state index in [1.165, 1.54) is 0 Å². The number of nitrogens with two attached hydrogens (primary N) is 1. The van der Waals surface area contributed by atoms with Crippen molar-refractivity contribution in [3.8, 4) is 16.9 Å². The van der Waals surface area contributed by atoms with Crippen molar-refractivity contribution in [1.29, 1.82) is 0 Å². The molecule has 0 bridgehead atoms. The fourth-order valence-corrected chi connectivity index (χ4v) is 5.61. The van der Waals surface area contributed by atoms with E-state index in [4.69, 9.17) is 15.6 Å². The van der Waals surface area contributed by atoms with E-state index in [1.807, 2.05) is 30.3 Å². The van der Waals surface area contributed by atoms with Crippen molar-refractivity contribution in [2.75, 3.05) is 32.0 Å². The van der Waals surface area contributed by atoms with Gasteiger partial charge in [0, 0.05) is 42.2 Å². The van der Waals surface area contributed by atoms with Gasteiger partial charge in [-0.15, -0.1) is 0 Å². The molecule has 1 aliphatic heterocycles. The van der Waals surface area contributed by atoms with Crippen LogP contribution in [0.3, 0.4) is 0 Å². The molecule has 2 aromatic heterocycles. The number of aliphatic hydroxyl groups excluding tert-OH is 1. The predicted molar refractivity (Wildman–Crippen MR) is 154 cm³/mol. The summed E-state index contributed by atoms with van der Waals surface area (Å²) in [5, 5.41) is 26.7. The van der Waals surface area contributed by atoms with E-state index in [2.05, 4.69) is 38.8 Å². The van der Waals surface area contributed by atoms with Crippen LogP contribution in [0.1, 0.15) is 23.7 Å². The molecule has 3 heterocycles. The number of carbonyl (C=O) groups is 1. The van der Waals surface area contributed by atoms with Crippen LogP contribution in [0.2, 0.25) is 0 Å². The highest BCUT2D eigenvalue weighted by Crippen LogP contribution is 2.33. The van der Waals surface area contributed by atoms with E-state index in [1.54, 1.807) is 18.3 Å². The summed E-state index contributed by atoms with van der Waals surface area (Å²) in [4.78, 5) is 17.9. The Balaban J connectivity index is 1.40. The van der Waals surface area contributed by atoms with Crippen LogP contribution in [-0.4, -0.2) is 62.1 Å². The van der Waals surface area contributed by atoms with Gasteiger partial charge in [0.2, 0.25) is 0 Å². The largest absolute Gasteiger partial charge is 0.487 e. The topological polar surface area (TPSA) is 127 Å². The summed E-state index contributed by atoms with van der Waals surface area (Å²) in [6.45, 7) is 2.68. The lowest BCUT2D eigenvalue weighted by atomic mass is 10.00. The molecule has 1 fully saturated rings. The number of pyridine rings is 1. The number of aliphatic hydroxyl groups is 1. The van der Waals surface area contributed by atoms with Crippen molar-refractivity contribution in [3.05, 3.63) is 84.2 Å². The van der Waals surface area contributed by atoms with Crippen LogP contribution in [0, 0.1) is 0 Å². The summed E-state index contributed by atoms with van der Waals surface area (Å²) in [6.07, 6.45) is 2.52. The van der Waals surface area contributed by atoms with Crippen molar-refractivity contribution in [2.45, 2.75) is 25.5 Å². The first-order chi connectivity index (χ1) is 19.5. The predicted octanol–water partition coefficient (Wildman–Crippen LogP) is 4.28. The lowest BCUT2D eigenvalue weighted by molar-refractivity contribution is -0.136. The number of para-hydroxylation sites is 1. The fourth-order valence-electron chi connectivity index (χ4n) is 5.61. The first kappa shape index (κ1) is 25.8. The van der Waals surface area contributed by atoms with Gasteiger partial charge < -0.3 is 20.7 Å². The number of β-amino-alcohol motifs (C(OH)–C–C–N with tert-alkyl or cyclic N) is 1. The Morgan fingerprint density at radius 1 is 1.05 bits per heavy atom. The summed E-state index contributed by atoms with van der Waals surface area (Å²) in [7, 11) is 0. The van der Waals surface area contributed by atoms with Crippen LogP contribution < -0.4 is 10.5 Å². The van der Waals surface area contributed by atoms with E-state index < -0.39 is 5.97 Å². The SMILES string of the molecule is Nc1nccc2ccc(-c3ccc4nn([C@H]5CCN(CCO)C5)c(COc5ccccc5CC(=O)O)c4c3)cc12. The minimum Gasteiger partial charge on any atom is -0.487 e. The van der Waals surface area contributed by atoms with Crippen molar-refractivity contribution >= 4 is 33.5 Å². The van der Waals surface area contributed by atoms with Gasteiger partial charge in [0.05, 0.1) is 30.3 Å². The molecule has 9 nitrogen and oxygen atoms in total. The number of anilines is 1. The second kappa shape index (κ2) is 11.0. The third-order valence-corrected chi connectivity index (χ3v) is 7.62. The van der Waals surface area contributed by atoms with Gasteiger partial charge in [0.1, 0.15) is 18.2 Å². The van der Waals surface area contributed by atoms with E-state index in [0.717, 1.165) is 58.0 Å². The Bertz CT molecular complexity index is 1700. The number of carboxylic acid groups (broad SMARTS) is 1. The zero-order chi connectivity index (χ0) is 27.6. The molecule has 0 spiro atoms. The van der Waals surface area contributed by atoms with Crippen LogP contribution in [0.5, 0.6) is 5.75 Å². The molecule has 204 valence electrons. The second-order valence-corrected chi connectivity index (χ2v) is 10.2. The number of aliphatic carboxylic acids is 1. The highest BCUT2D eigenvalue weighted by atomic mass is 16.5. The average Bonchev–Trinajstić information content (AvgIpc) is 3.56. The van der Waals surface area contributed by atoms with Gasteiger partial charge in [-0.2, -0.15) is 5.10 Å². The van der Waals surface area contributed by atoms with Crippen molar-refractivity contribution in [2.24, 2.45) is 0 Å². The first-order valence-corrected chi connectivity index (χ1v) is 13.4. The number of aromatic nitrogens is 3. The molecule has 0 unspecified atom stereocenters. The lowest BCUT2D eigenvalue weighted by Gasteiger charge is -2.18. The van der Waals surface area contributed by atoms with Crippen molar-refractivity contribution < 1.29 is 19.7 Å². The highest BCUT2D eigenvalue weighted by molar-refractivity contribution is 5.95. The van der Waals surface area contributed by atoms with Gasteiger partial charge in [0.15, 0.2) is 0 Å². The van der Waals surface area contributed by atoms with Crippen molar-refractivity contribution in [1.82, 2.24) is 19.7 Å². The molecule has 0 amide bonds. The number of benzene rings is 3. The van der Waals surface area contributed by atoms with Gasteiger partial charge in [-0.25, -0.2) is 4.98 Å². The third-order valence-electron chi connectivity index (χ3n) is 7.62. The zero-order valence-electron chi connectivity index (χ0n) is 22.0. The average molecular weight is 538 g/mol. The van der Waals surface area contributed by atoms with Gasteiger partial charge in [0.25, 0.3) is 0 Å². The molecule has 40 heavy (non-hydrogen) atoms. The number of likely N-dealkylation sites (tertiary alicyclic amines) is 1. The monoisotopic (exact) mass is 537 g/mol. The first-order valence-electron chi connectivity index (χ1n) is 13.4. The molecule has 0 radical (unpaired) electrons. The summed E-state index contributed by atoms with van der Waals surface area (Å²) in [6, 6.07) is 21.7. The second-order valence-electron chi connectivity index (χ2n) is 10.2. The number of carboxylic acids is 1. The number of hydrogen-bond acceptors (Lipinski definition) is 7. The number of nitrogens with zero attached hydrogens (tertiary/aromatic N) is 4. The molecular weight excluding hydrogens is 506 g/mol. The standard InChI is InChI=1S/C31H31N5O4/c32-31-25-15-21(6-5-20(25)9-11-33-31)22-7-8-27-26(16-22)28(36(34-27)24-10-12-35(18-24)13-14-37)19-40-29-4-2-1-3-23(29)17-30(38)39/h1-9,11,15-16,24,37H,10,12-14,17-19H2,(H2,32,33)(H,38,39)/t24-/m0/s1. The molecule has 9 heteroatoms. The minimum atomic E-state index is -0.905. The normalized spacial score (nSPS) is 15.7. The van der Waals surface area contributed by atoms with Gasteiger partial charge in [-0.3, -0.25) is 14.4 Å². The number of rotatable bonds is 9. The zero-order valence-corrected chi connectivity index (χ0v) is 22.0. The van der Waals surface area contributed by atoms with Crippen LogP contribution in [0.25, 0.3) is 32.8 Å². The lowest BCUT2D eigenvalue weighted by Crippen LogP contribution is -2.25. The summed E-state index contributed by atoms with van der Waals surface area (Å²) >= 11 is 0. The van der Waals surface area contributed by atoms with Gasteiger partial charge in [-0.1, -0.05) is 36.4 Å². The molecule has 5 aromatic rings. The molecule has 3 aromatic carbocycles. The van der Waals surface area contributed by atoms with E-state index in [9.17, 15) is 15.0 Å². The van der Waals surface area contributed by atoms with Crippen LogP contribution in [0.4, 0.5) is 5.82 Å².